The molecule has 144 valence electrons. The third kappa shape index (κ3) is 4.61. The van der Waals surface area contributed by atoms with Crippen LogP contribution in [0, 0.1) is 11.3 Å². The summed E-state index contributed by atoms with van der Waals surface area (Å²) < 4.78 is 2.56. The Kier molecular flexibility index (Phi) is 6.26. The Hall–Kier alpha value is -3.23. The third-order valence-electron chi connectivity index (χ3n) is 4.74. The van der Waals surface area contributed by atoms with E-state index in [0.29, 0.717) is 16.8 Å². The van der Waals surface area contributed by atoms with Gasteiger partial charge in [0.05, 0.1) is 6.04 Å². The lowest BCUT2D eigenvalue weighted by atomic mass is 9.97. The topological polar surface area (TPSA) is 62.9 Å². The fraction of sp³-hybridized carbons (Fsp3) is 0.125. The lowest BCUT2D eigenvalue weighted by Gasteiger charge is -2.21. The first kappa shape index (κ1) is 20.5. The van der Waals surface area contributed by atoms with Crippen LogP contribution >= 0.6 is 15.9 Å². The van der Waals surface area contributed by atoms with Crippen molar-refractivity contribution >= 4 is 27.5 Å². The highest BCUT2D eigenvalue weighted by atomic mass is 79.9. The molecule has 0 spiro atoms. The molecule has 0 N–H and O–H groups in total. The molecule has 3 rings (SSSR count). The Morgan fingerprint density at radius 2 is 1.79 bits per heavy atom. The van der Waals surface area contributed by atoms with Crippen LogP contribution in [0.2, 0.25) is 0 Å². The second-order valence-corrected chi connectivity index (χ2v) is 7.67. The molecule has 2 aromatic carbocycles. The maximum atomic E-state index is 12.8. The Morgan fingerprint density at radius 1 is 1.14 bits per heavy atom. The Morgan fingerprint density at radius 3 is 2.38 bits per heavy atom. The minimum atomic E-state index is -0.562. The Bertz CT molecular complexity index is 1110. The van der Waals surface area contributed by atoms with Crippen molar-refractivity contribution in [3.05, 3.63) is 106 Å². The molecule has 0 saturated carbocycles. The summed E-state index contributed by atoms with van der Waals surface area (Å²) in [5, 5.41) is 9.66. The zero-order valence-corrected chi connectivity index (χ0v) is 17.5. The summed E-state index contributed by atoms with van der Waals surface area (Å²) in [5.74, 6) is -0.262. The number of nitrogens with zero attached hydrogens (tertiary/aromatic N) is 2. The Labute approximate surface area is 178 Å². The highest BCUT2D eigenvalue weighted by Crippen LogP contribution is 2.30. The average Bonchev–Trinajstić information content (AvgIpc) is 3.14. The largest absolute Gasteiger partial charge is 0.327 e. The summed E-state index contributed by atoms with van der Waals surface area (Å²) >= 11 is 3.41. The highest BCUT2D eigenvalue weighted by molar-refractivity contribution is 9.10. The number of benzene rings is 2. The maximum absolute atomic E-state index is 12.8. The molecule has 0 bridgehead atoms. The van der Waals surface area contributed by atoms with E-state index in [4.69, 9.17) is 0 Å². The van der Waals surface area contributed by atoms with E-state index in [2.05, 4.69) is 28.6 Å². The van der Waals surface area contributed by atoms with Crippen molar-refractivity contribution in [2.24, 2.45) is 0 Å². The molecule has 5 heteroatoms. The number of hydrogen-bond acceptors (Lipinski definition) is 3. The summed E-state index contributed by atoms with van der Waals surface area (Å²) in [6.07, 6.45) is 1.89. The van der Waals surface area contributed by atoms with E-state index < -0.39 is 6.04 Å². The molecule has 0 fully saturated rings. The molecule has 4 nitrogen and oxygen atoms in total. The van der Waals surface area contributed by atoms with Crippen molar-refractivity contribution in [1.29, 1.82) is 5.26 Å². The van der Waals surface area contributed by atoms with Gasteiger partial charge in [0.1, 0.15) is 11.8 Å². The zero-order chi connectivity index (χ0) is 21.0. The number of rotatable bonds is 7. The van der Waals surface area contributed by atoms with Crippen LogP contribution in [0.4, 0.5) is 0 Å². The Balaban J connectivity index is 2.03. The normalized spacial score (nSPS) is 11.5. The number of carbonyl (C=O) groups excluding carboxylic acids is 2. The number of carbonyl (C=O) groups is 2. The van der Waals surface area contributed by atoms with Crippen LogP contribution in [0.5, 0.6) is 0 Å². The fourth-order valence-electron chi connectivity index (χ4n) is 3.19. The second kappa shape index (κ2) is 8.85. The van der Waals surface area contributed by atoms with Crippen LogP contribution in [0.25, 0.3) is 0 Å². The maximum Gasteiger partial charge on any atom is 0.168 e. The smallest absolute Gasteiger partial charge is 0.168 e. The van der Waals surface area contributed by atoms with Gasteiger partial charge in [0.15, 0.2) is 11.6 Å². The lowest BCUT2D eigenvalue weighted by molar-refractivity contribution is -0.113. The minimum absolute atomic E-state index is 0.0885. The zero-order valence-electron chi connectivity index (χ0n) is 15.9. The first-order valence-corrected chi connectivity index (χ1v) is 9.84. The van der Waals surface area contributed by atoms with E-state index >= 15 is 0 Å². The molecule has 0 unspecified atom stereocenters. The van der Waals surface area contributed by atoms with Crippen molar-refractivity contribution in [3.63, 3.8) is 0 Å². The number of halogens is 1. The molecule has 1 atom stereocenters. The third-order valence-corrected chi connectivity index (χ3v) is 5.27. The molecular formula is C24H19BrN2O2. The average molecular weight is 447 g/mol. The first-order chi connectivity index (χ1) is 13.9. The van der Waals surface area contributed by atoms with E-state index in [0.717, 1.165) is 15.6 Å². The van der Waals surface area contributed by atoms with Gasteiger partial charge in [0, 0.05) is 28.2 Å². The number of nitriles is 1. The first-order valence-electron chi connectivity index (χ1n) is 9.05. The number of Topliss-reactive ketones (excluding diaryl/α,β-unsaturated/α-hetero) is 2. The molecule has 0 aliphatic carbocycles. The van der Waals surface area contributed by atoms with Crippen LogP contribution in [0.1, 0.15) is 40.1 Å². The summed E-state index contributed by atoms with van der Waals surface area (Å²) in [6, 6.07) is 20.1. The molecule has 0 saturated heterocycles. The van der Waals surface area contributed by atoms with Gasteiger partial charge in [0.25, 0.3) is 0 Å². The van der Waals surface area contributed by atoms with E-state index in [1.807, 2.05) is 54.6 Å². The van der Waals surface area contributed by atoms with Gasteiger partial charge in [-0.2, -0.15) is 5.26 Å². The second-order valence-electron chi connectivity index (χ2n) is 6.75. The quantitative estimate of drug-likeness (QED) is 0.366. The van der Waals surface area contributed by atoms with Crippen molar-refractivity contribution in [2.75, 3.05) is 0 Å². The monoisotopic (exact) mass is 446 g/mol. The number of hydrogen-bond donors (Lipinski definition) is 0. The van der Waals surface area contributed by atoms with Gasteiger partial charge < -0.3 is 4.57 Å². The predicted octanol–water partition coefficient (Wildman–Crippen LogP) is 5.28. The lowest BCUT2D eigenvalue weighted by Crippen LogP contribution is -2.17. The van der Waals surface area contributed by atoms with Crippen LogP contribution in [0.15, 0.2) is 83.5 Å². The van der Waals surface area contributed by atoms with Crippen LogP contribution < -0.4 is 0 Å². The van der Waals surface area contributed by atoms with Gasteiger partial charge in [-0.25, -0.2) is 0 Å². The SMILES string of the molecule is C=C(C(C)=O)[C@@H](c1ccc(Br)cc1)n1cc(C(=O)Cc2ccccc2)cc1C#N. The van der Waals surface area contributed by atoms with Crippen molar-refractivity contribution in [3.8, 4) is 6.07 Å². The van der Waals surface area contributed by atoms with Crippen LogP contribution in [-0.2, 0) is 11.2 Å². The van der Waals surface area contributed by atoms with Gasteiger partial charge in [-0.1, -0.05) is 65.0 Å². The summed E-state index contributed by atoms with van der Waals surface area (Å²) in [6.45, 7) is 5.40. The van der Waals surface area contributed by atoms with Gasteiger partial charge in [-0.3, -0.25) is 9.59 Å². The summed E-state index contributed by atoms with van der Waals surface area (Å²) in [5.41, 5.74) is 2.80. The molecule has 1 aromatic heterocycles. The molecule has 0 radical (unpaired) electrons. The number of allylic oxidation sites excluding steroid dienone is 1. The van der Waals surface area contributed by atoms with E-state index in [1.54, 1.807) is 16.8 Å². The molecule has 0 amide bonds. The van der Waals surface area contributed by atoms with E-state index in [-0.39, 0.29) is 18.0 Å². The summed E-state index contributed by atoms with van der Waals surface area (Å²) in [7, 11) is 0. The molecule has 0 aliphatic rings. The molecule has 3 aromatic rings. The van der Waals surface area contributed by atoms with E-state index in [1.165, 1.54) is 6.92 Å². The van der Waals surface area contributed by atoms with Crippen LogP contribution in [-0.4, -0.2) is 16.1 Å². The molecular weight excluding hydrogens is 428 g/mol. The predicted molar refractivity (Wildman–Crippen MR) is 116 cm³/mol. The summed E-state index contributed by atoms with van der Waals surface area (Å²) in [4.78, 5) is 24.9. The van der Waals surface area contributed by atoms with Gasteiger partial charge in [-0.05, 0) is 36.2 Å². The van der Waals surface area contributed by atoms with Crippen molar-refractivity contribution in [1.82, 2.24) is 4.57 Å². The number of ketones is 2. The highest BCUT2D eigenvalue weighted by Gasteiger charge is 2.24. The standard InChI is InChI=1S/C24H19BrN2O2/c1-16(17(2)28)24(19-8-10-21(25)11-9-19)27-15-20(13-22(27)14-26)23(29)12-18-6-4-3-5-7-18/h3-11,13,15,24H,1,12H2,2H3/t24-/m0/s1. The van der Waals surface area contributed by atoms with Crippen molar-refractivity contribution in [2.45, 2.75) is 19.4 Å². The van der Waals surface area contributed by atoms with Gasteiger partial charge in [-0.15, -0.1) is 0 Å². The fourth-order valence-corrected chi connectivity index (χ4v) is 3.45. The van der Waals surface area contributed by atoms with Crippen molar-refractivity contribution < 1.29 is 9.59 Å². The molecule has 1 heterocycles. The van der Waals surface area contributed by atoms with Gasteiger partial charge >= 0.3 is 0 Å². The molecule has 29 heavy (non-hydrogen) atoms. The minimum Gasteiger partial charge on any atom is -0.327 e. The molecule has 0 aliphatic heterocycles. The van der Waals surface area contributed by atoms with Crippen LogP contribution in [0.3, 0.4) is 0 Å². The van der Waals surface area contributed by atoms with Gasteiger partial charge in [0.2, 0.25) is 0 Å². The van der Waals surface area contributed by atoms with E-state index in [9.17, 15) is 14.9 Å². The number of aromatic nitrogens is 1.